The van der Waals surface area contributed by atoms with Crippen LogP contribution in [0.3, 0.4) is 0 Å². The van der Waals surface area contributed by atoms with Crippen LogP contribution in [0.15, 0.2) is 24.3 Å². The summed E-state index contributed by atoms with van der Waals surface area (Å²) in [5, 5.41) is 2.88. The normalized spacial score (nSPS) is 11.9. The number of hydrogen-bond donors (Lipinski definition) is 1. The molecule has 0 aliphatic carbocycles. The van der Waals surface area contributed by atoms with Gasteiger partial charge in [0.05, 0.1) is 12.2 Å². The average molecular weight is 218 g/mol. The van der Waals surface area contributed by atoms with Crippen LogP contribution in [0.1, 0.15) is 5.56 Å². The Bertz CT molecular complexity index is 321. The third kappa shape index (κ3) is 3.79. The predicted molar refractivity (Wildman–Crippen MR) is 53.6 cm³/mol. The molecule has 0 atom stereocenters. The maximum Gasteiger partial charge on any atom is 0.416 e. The van der Waals surface area contributed by atoms with Crippen molar-refractivity contribution in [3.63, 3.8) is 0 Å². The maximum absolute atomic E-state index is 12.3. The summed E-state index contributed by atoms with van der Waals surface area (Å²) in [5.41, 5.74) is -0.162. The Balaban J connectivity index is 2.75. The minimum Gasteiger partial charge on any atom is -0.372 e. The third-order valence-corrected chi connectivity index (χ3v) is 1.79. The van der Waals surface area contributed by atoms with Gasteiger partial charge in [-0.05, 0) is 32.3 Å². The summed E-state index contributed by atoms with van der Waals surface area (Å²) in [5.74, 6) is 0. The molecular weight excluding hydrogens is 205 g/mol. The van der Waals surface area contributed by atoms with E-state index in [2.05, 4.69) is 5.32 Å². The highest BCUT2D eigenvalue weighted by Crippen LogP contribution is 2.30. The second-order valence-corrected chi connectivity index (χ2v) is 3.49. The third-order valence-electron chi connectivity index (χ3n) is 1.79. The van der Waals surface area contributed by atoms with Gasteiger partial charge in [0, 0.05) is 5.69 Å². The van der Waals surface area contributed by atoms with Crippen LogP contribution >= 0.6 is 0 Å². The lowest BCUT2D eigenvalue weighted by Gasteiger charge is -2.13. The highest BCUT2D eigenvalue weighted by Gasteiger charge is 2.30. The Labute approximate surface area is 86.7 Å². The standard InChI is InChI=1S/C10H13F3N2/c1-15(2)7-14-9-5-3-4-8(6-9)10(11,12)13/h3-6,14H,7H2,1-2H3. The number of nitrogens with zero attached hydrogens (tertiary/aromatic N) is 1. The molecule has 2 nitrogen and oxygen atoms in total. The van der Waals surface area contributed by atoms with Gasteiger partial charge in [-0.1, -0.05) is 6.07 Å². The fraction of sp³-hybridized carbons (Fsp3) is 0.400. The summed E-state index contributed by atoms with van der Waals surface area (Å²) < 4.78 is 37.0. The first-order chi connectivity index (χ1) is 6.89. The average Bonchev–Trinajstić information content (AvgIpc) is 2.14. The molecule has 15 heavy (non-hydrogen) atoms. The smallest absolute Gasteiger partial charge is 0.372 e. The number of hydrogen-bond acceptors (Lipinski definition) is 2. The van der Waals surface area contributed by atoms with Crippen LogP contribution in [0.2, 0.25) is 0 Å². The van der Waals surface area contributed by atoms with Gasteiger partial charge in [-0.25, -0.2) is 0 Å². The zero-order valence-corrected chi connectivity index (χ0v) is 8.60. The summed E-state index contributed by atoms with van der Waals surface area (Å²) in [7, 11) is 3.67. The first-order valence-corrected chi connectivity index (χ1v) is 4.45. The van der Waals surface area contributed by atoms with Gasteiger partial charge in [0.2, 0.25) is 0 Å². The molecule has 0 aliphatic rings. The second kappa shape index (κ2) is 4.53. The van der Waals surface area contributed by atoms with Crippen LogP contribution in [0.4, 0.5) is 18.9 Å². The Hall–Kier alpha value is -1.23. The van der Waals surface area contributed by atoms with Gasteiger partial charge in [-0.2, -0.15) is 13.2 Å². The summed E-state index contributed by atoms with van der Waals surface area (Å²) in [6, 6.07) is 5.16. The van der Waals surface area contributed by atoms with Crippen LogP contribution in [0, 0.1) is 0 Å². The van der Waals surface area contributed by atoms with Crippen molar-refractivity contribution in [2.45, 2.75) is 6.18 Å². The van der Waals surface area contributed by atoms with Crippen LogP contribution in [-0.4, -0.2) is 25.7 Å². The van der Waals surface area contributed by atoms with Gasteiger partial charge < -0.3 is 5.32 Å². The van der Waals surface area contributed by atoms with E-state index in [1.165, 1.54) is 6.07 Å². The molecule has 0 unspecified atom stereocenters. The number of nitrogens with one attached hydrogen (secondary N) is 1. The van der Waals surface area contributed by atoms with Crippen LogP contribution in [0.25, 0.3) is 0 Å². The van der Waals surface area contributed by atoms with Crippen LogP contribution in [0.5, 0.6) is 0 Å². The van der Waals surface area contributed by atoms with Crippen molar-refractivity contribution in [1.82, 2.24) is 4.90 Å². The molecule has 84 valence electrons. The Kier molecular flexibility index (Phi) is 3.57. The molecule has 0 spiro atoms. The predicted octanol–water partition coefficient (Wildman–Crippen LogP) is 2.64. The van der Waals surface area contributed by atoms with E-state index < -0.39 is 11.7 Å². The topological polar surface area (TPSA) is 15.3 Å². The first kappa shape index (κ1) is 11.8. The number of alkyl halides is 3. The highest BCUT2D eigenvalue weighted by atomic mass is 19.4. The summed E-state index contributed by atoms with van der Waals surface area (Å²) in [6.07, 6.45) is -4.28. The molecule has 0 bridgehead atoms. The number of rotatable bonds is 3. The van der Waals surface area contributed by atoms with E-state index in [1.807, 2.05) is 19.0 Å². The fourth-order valence-corrected chi connectivity index (χ4v) is 1.05. The molecule has 0 fully saturated rings. The lowest BCUT2D eigenvalue weighted by atomic mass is 10.2. The Morgan fingerprint density at radius 3 is 2.47 bits per heavy atom. The van der Waals surface area contributed by atoms with Gasteiger partial charge >= 0.3 is 6.18 Å². The second-order valence-electron chi connectivity index (χ2n) is 3.49. The molecular formula is C10H13F3N2. The summed E-state index contributed by atoms with van der Waals surface area (Å²) in [4.78, 5) is 1.83. The summed E-state index contributed by atoms with van der Waals surface area (Å²) >= 11 is 0. The van der Waals surface area contributed by atoms with E-state index >= 15 is 0 Å². The molecule has 1 aromatic carbocycles. The molecule has 0 radical (unpaired) electrons. The SMILES string of the molecule is CN(C)CNc1cccc(C(F)(F)F)c1. The molecule has 0 saturated carbocycles. The van der Waals surface area contributed by atoms with Crippen molar-refractivity contribution < 1.29 is 13.2 Å². The van der Waals surface area contributed by atoms with E-state index in [-0.39, 0.29) is 0 Å². The van der Waals surface area contributed by atoms with Gasteiger partial charge in [-0.15, -0.1) is 0 Å². The number of anilines is 1. The quantitative estimate of drug-likeness (QED) is 0.784. The van der Waals surface area contributed by atoms with E-state index in [0.29, 0.717) is 12.4 Å². The Morgan fingerprint density at radius 1 is 1.27 bits per heavy atom. The van der Waals surface area contributed by atoms with E-state index in [0.717, 1.165) is 12.1 Å². The first-order valence-electron chi connectivity index (χ1n) is 4.45. The lowest BCUT2D eigenvalue weighted by Crippen LogP contribution is -2.20. The largest absolute Gasteiger partial charge is 0.416 e. The monoisotopic (exact) mass is 218 g/mol. The zero-order chi connectivity index (χ0) is 11.5. The van der Waals surface area contributed by atoms with E-state index in [9.17, 15) is 13.2 Å². The fourth-order valence-electron chi connectivity index (χ4n) is 1.05. The Morgan fingerprint density at radius 2 is 1.93 bits per heavy atom. The van der Waals surface area contributed by atoms with Crippen molar-refractivity contribution in [2.24, 2.45) is 0 Å². The maximum atomic E-state index is 12.3. The lowest BCUT2D eigenvalue weighted by molar-refractivity contribution is -0.137. The highest BCUT2D eigenvalue weighted by molar-refractivity contribution is 5.46. The van der Waals surface area contributed by atoms with E-state index in [4.69, 9.17) is 0 Å². The van der Waals surface area contributed by atoms with Crippen LogP contribution in [-0.2, 0) is 6.18 Å². The van der Waals surface area contributed by atoms with Crippen LogP contribution < -0.4 is 5.32 Å². The molecule has 1 rings (SSSR count). The molecule has 1 aromatic rings. The minimum absolute atomic E-state index is 0.471. The molecule has 0 aliphatic heterocycles. The molecule has 0 amide bonds. The molecule has 0 saturated heterocycles. The van der Waals surface area contributed by atoms with E-state index in [1.54, 1.807) is 6.07 Å². The van der Waals surface area contributed by atoms with Gasteiger partial charge in [-0.3, -0.25) is 4.90 Å². The van der Waals surface area contributed by atoms with Crippen molar-refractivity contribution in [3.8, 4) is 0 Å². The van der Waals surface area contributed by atoms with Crippen molar-refractivity contribution in [3.05, 3.63) is 29.8 Å². The van der Waals surface area contributed by atoms with Crippen molar-refractivity contribution in [1.29, 1.82) is 0 Å². The molecule has 0 heterocycles. The van der Waals surface area contributed by atoms with Crippen molar-refractivity contribution in [2.75, 3.05) is 26.1 Å². The zero-order valence-electron chi connectivity index (χ0n) is 8.60. The number of halogens is 3. The van der Waals surface area contributed by atoms with Crippen molar-refractivity contribution >= 4 is 5.69 Å². The van der Waals surface area contributed by atoms with Gasteiger partial charge in [0.15, 0.2) is 0 Å². The molecule has 5 heteroatoms. The van der Waals surface area contributed by atoms with Gasteiger partial charge in [0.25, 0.3) is 0 Å². The van der Waals surface area contributed by atoms with Gasteiger partial charge in [0.1, 0.15) is 0 Å². The molecule has 1 N–H and O–H groups in total. The molecule has 0 aromatic heterocycles. The number of benzene rings is 1. The minimum atomic E-state index is -4.28. The summed E-state index contributed by atoms with van der Waals surface area (Å²) in [6.45, 7) is 0.501.